The van der Waals surface area contributed by atoms with Crippen LogP contribution in [0.4, 0.5) is 10.1 Å². The first-order valence-electron chi connectivity index (χ1n) is 6.26. The minimum Gasteiger partial charge on any atom is -0.378 e. The Hall–Kier alpha value is -2.13. The summed E-state index contributed by atoms with van der Waals surface area (Å²) in [6.07, 6.45) is 0. The summed E-state index contributed by atoms with van der Waals surface area (Å²) in [5.41, 5.74) is 2.56. The van der Waals surface area contributed by atoms with Gasteiger partial charge in [0.1, 0.15) is 5.82 Å². The Bertz CT molecular complexity index is 758. The highest BCUT2D eigenvalue weighted by molar-refractivity contribution is 6.33. The summed E-state index contributed by atoms with van der Waals surface area (Å²) in [7, 11) is 0. The lowest BCUT2D eigenvalue weighted by Gasteiger charge is -2.08. The first-order chi connectivity index (χ1) is 9.72. The Kier molecular flexibility index (Phi) is 3.52. The summed E-state index contributed by atoms with van der Waals surface area (Å²) in [4.78, 5) is 4.56. The van der Waals surface area contributed by atoms with E-state index in [4.69, 9.17) is 11.6 Å². The quantitative estimate of drug-likeness (QED) is 0.759. The maximum Gasteiger partial charge on any atom is 0.124 e. The maximum absolute atomic E-state index is 13.0. The molecule has 0 atom stereocenters. The maximum atomic E-state index is 13.0. The third-order valence-electron chi connectivity index (χ3n) is 3.05. The lowest BCUT2D eigenvalue weighted by Crippen LogP contribution is -2.02. The number of nitrogens with zero attached hydrogens (tertiary/aromatic N) is 1. The van der Waals surface area contributed by atoms with Crippen LogP contribution in [0.15, 0.2) is 54.6 Å². The van der Waals surface area contributed by atoms with E-state index in [1.165, 1.54) is 12.1 Å². The van der Waals surface area contributed by atoms with Crippen molar-refractivity contribution in [3.8, 4) is 0 Å². The van der Waals surface area contributed by atoms with Crippen molar-refractivity contribution in [3.05, 3.63) is 71.1 Å². The Labute approximate surface area is 121 Å². The number of aromatic nitrogens is 1. The number of rotatable bonds is 3. The lowest BCUT2D eigenvalue weighted by molar-refractivity contribution is 0.628. The Morgan fingerprint density at radius 1 is 1.05 bits per heavy atom. The molecule has 0 aliphatic carbocycles. The van der Waals surface area contributed by atoms with Crippen molar-refractivity contribution >= 4 is 28.2 Å². The average molecular weight is 287 g/mol. The third-order valence-corrected chi connectivity index (χ3v) is 3.36. The van der Waals surface area contributed by atoms with Gasteiger partial charge in [-0.2, -0.15) is 0 Å². The largest absolute Gasteiger partial charge is 0.378 e. The molecular weight excluding hydrogens is 275 g/mol. The van der Waals surface area contributed by atoms with Crippen LogP contribution in [0.5, 0.6) is 0 Å². The normalized spacial score (nSPS) is 10.7. The second-order valence-electron chi connectivity index (χ2n) is 4.47. The van der Waals surface area contributed by atoms with Crippen LogP contribution in [0.3, 0.4) is 0 Å². The van der Waals surface area contributed by atoms with E-state index < -0.39 is 0 Å². The van der Waals surface area contributed by atoms with Crippen LogP contribution in [0, 0.1) is 5.82 Å². The molecule has 0 radical (unpaired) electrons. The van der Waals surface area contributed by atoms with Gasteiger partial charge in [0, 0.05) is 5.39 Å². The minimum atomic E-state index is -0.343. The molecule has 100 valence electrons. The van der Waals surface area contributed by atoms with Crippen LogP contribution in [-0.4, -0.2) is 4.98 Å². The van der Waals surface area contributed by atoms with E-state index in [0.29, 0.717) is 17.3 Å². The van der Waals surface area contributed by atoms with Gasteiger partial charge in [0.2, 0.25) is 0 Å². The third kappa shape index (κ3) is 2.73. The molecule has 20 heavy (non-hydrogen) atoms. The molecule has 2 aromatic carbocycles. The predicted molar refractivity (Wildman–Crippen MR) is 80.5 cm³/mol. The number of fused-ring (bicyclic) bond motifs is 1. The van der Waals surface area contributed by atoms with Gasteiger partial charge in [0.25, 0.3) is 0 Å². The number of benzene rings is 2. The molecular formula is C16H12ClFN2. The van der Waals surface area contributed by atoms with Crippen LogP contribution >= 0.6 is 11.6 Å². The van der Waals surface area contributed by atoms with Crippen LogP contribution < -0.4 is 5.32 Å². The van der Waals surface area contributed by atoms with Crippen molar-refractivity contribution in [3.63, 3.8) is 0 Å². The Balaban J connectivity index is 1.79. The highest BCUT2D eigenvalue weighted by Gasteiger charge is 2.03. The van der Waals surface area contributed by atoms with Crippen LogP contribution in [0.1, 0.15) is 5.69 Å². The summed E-state index contributed by atoms with van der Waals surface area (Å²) in [5.74, 6) is -0.343. The molecule has 3 aromatic rings. The highest BCUT2D eigenvalue weighted by atomic mass is 35.5. The minimum absolute atomic E-state index is 0.343. The van der Waals surface area contributed by atoms with Gasteiger partial charge in [-0.1, -0.05) is 35.9 Å². The number of hydrogen-bond acceptors (Lipinski definition) is 2. The zero-order valence-corrected chi connectivity index (χ0v) is 11.4. The zero-order valence-electron chi connectivity index (χ0n) is 10.6. The Morgan fingerprint density at radius 2 is 1.90 bits per heavy atom. The van der Waals surface area contributed by atoms with E-state index in [1.807, 2.05) is 36.4 Å². The van der Waals surface area contributed by atoms with Gasteiger partial charge < -0.3 is 5.32 Å². The second kappa shape index (κ2) is 5.47. The number of pyridine rings is 1. The van der Waals surface area contributed by atoms with Gasteiger partial charge >= 0.3 is 0 Å². The number of nitrogens with one attached hydrogen (secondary N) is 1. The van der Waals surface area contributed by atoms with Crippen molar-refractivity contribution in [2.75, 3.05) is 5.32 Å². The second-order valence-corrected chi connectivity index (χ2v) is 4.88. The van der Waals surface area contributed by atoms with E-state index in [-0.39, 0.29) is 5.82 Å². The SMILES string of the molecule is Fc1ccc(NCc2ccc3ccccc3n2)c(Cl)c1. The molecule has 0 amide bonds. The van der Waals surface area contributed by atoms with Crippen LogP contribution in [0.25, 0.3) is 10.9 Å². The van der Waals surface area contributed by atoms with Gasteiger partial charge in [-0.3, -0.25) is 4.98 Å². The van der Waals surface area contributed by atoms with E-state index >= 15 is 0 Å². The fraction of sp³-hybridized carbons (Fsp3) is 0.0625. The number of para-hydroxylation sites is 1. The zero-order chi connectivity index (χ0) is 13.9. The fourth-order valence-electron chi connectivity index (χ4n) is 2.03. The molecule has 0 bridgehead atoms. The average Bonchev–Trinajstić information content (AvgIpc) is 2.46. The van der Waals surface area contributed by atoms with Crippen molar-refractivity contribution in [2.24, 2.45) is 0 Å². The molecule has 2 nitrogen and oxygen atoms in total. The molecule has 0 spiro atoms. The van der Waals surface area contributed by atoms with E-state index in [0.717, 1.165) is 16.6 Å². The molecule has 0 fully saturated rings. The monoisotopic (exact) mass is 286 g/mol. The summed E-state index contributed by atoms with van der Waals surface area (Å²) < 4.78 is 13.0. The number of hydrogen-bond donors (Lipinski definition) is 1. The van der Waals surface area contributed by atoms with E-state index in [9.17, 15) is 4.39 Å². The molecule has 4 heteroatoms. The lowest BCUT2D eigenvalue weighted by atomic mass is 10.2. The molecule has 0 saturated heterocycles. The first-order valence-corrected chi connectivity index (χ1v) is 6.64. The smallest absolute Gasteiger partial charge is 0.124 e. The number of anilines is 1. The van der Waals surface area contributed by atoms with Crippen molar-refractivity contribution < 1.29 is 4.39 Å². The molecule has 1 aromatic heterocycles. The summed E-state index contributed by atoms with van der Waals surface area (Å²) >= 11 is 5.97. The molecule has 3 rings (SSSR count). The van der Waals surface area contributed by atoms with Gasteiger partial charge in [-0.05, 0) is 30.3 Å². The van der Waals surface area contributed by atoms with E-state index in [1.54, 1.807) is 6.07 Å². The van der Waals surface area contributed by atoms with Gasteiger partial charge in [-0.25, -0.2) is 4.39 Å². The fourth-order valence-corrected chi connectivity index (χ4v) is 2.26. The van der Waals surface area contributed by atoms with Gasteiger partial charge in [0.05, 0.1) is 28.5 Å². The summed E-state index contributed by atoms with van der Waals surface area (Å²) in [5, 5.41) is 4.63. The van der Waals surface area contributed by atoms with Crippen molar-refractivity contribution in [1.29, 1.82) is 0 Å². The molecule has 1 heterocycles. The predicted octanol–water partition coefficient (Wildman–Crippen LogP) is 4.64. The molecule has 0 unspecified atom stereocenters. The van der Waals surface area contributed by atoms with Crippen molar-refractivity contribution in [2.45, 2.75) is 6.54 Å². The van der Waals surface area contributed by atoms with E-state index in [2.05, 4.69) is 10.3 Å². The summed E-state index contributed by atoms with van der Waals surface area (Å²) in [6.45, 7) is 0.538. The van der Waals surface area contributed by atoms with Crippen molar-refractivity contribution in [1.82, 2.24) is 4.98 Å². The number of halogens is 2. The van der Waals surface area contributed by atoms with Gasteiger partial charge in [-0.15, -0.1) is 0 Å². The first kappa shape index (κ1) is 12.9. The molecule has 1 N–H and O–H groups in total. The summed E-state index contributed by atoms with van der Waals surface area (Å²) in [6, 6.07) is 16.2. The van der Waals surface area contributed by atoms with Crippen LogP contribution in [0.2, 0.25) is 5.02 Å². The molecule has 0 saturated carbocycles. The molecule has 0 aliphatic heterocycles. The standard InChI is InChI=1S/C16H12ClFN2/c17-14-9-12(18)6-8-16(14)19-10-13-7-5-11-3-1-2-4-15(11)20-13/h1-9,19H,10H2. The molecule has 0 aliphatic rings. The Morgan fingerprint density at radius 3 is 2.75 bits per heavy atom. The van der Waals surface area contributed by atoms with Crippen LogP contribution in [-0.2, 0) is 6.54 Å². The van der Waals surface area contributed by atoms with Gasteiger partial charge in [0.15, 0.2) is 0 Å². The highest BCUT2D eigenvalue weighted by Crippen LogP contribution is 2.23. The topological polar surface area (TPSA) is 24.9 Å².